The first-order valence-electron chi connectivity index (χ1n) is 7.93. The molecule has 6 nitrogen and oxygen atoms in total. The number of aromatic nitrogens is 2. The fourth-order valence-electron chi connectivity index (χ4n) is 3.18. The average molecular weight is 327 g/mol. The lowest BCUT2D eigenvalue weighted by Crippen LogP contribution is -2.32. The lowest BCUT2D eigenvalue weighted by atomic mass is 10.0. The Morgan fingerprint density at radius 3 is 2.79 bits per heavy atom. The number of hydrogen-bond donors (Lipinski definition) is 1. The van der Waals surface area contributed by atoms with Crippen LogP contribution >= 0.6 is 0 Å². The molecule has 1 aromatic carbocycles. The second-order valence-corrected chi connectivity index (χ2v) is 6.08. The first kappa shape index (κ1) is 16.4. The molecule has 2 unspecified atom stereocenters. The summed E-state index contributed by atoms with van der Waals surface area (Å²) in [5.41, 5.74) is 2.06. The molecule has 1 fully saturated rings. The van der Waals surface area contributed by atoms with Gasteiger partial charge in [-0.25, -0.2) is 9.97 Å². The SMILES string of the molecule is COc1cccc(C2CC(O)CN2C(=O)c2cc(C)nc(C)n2)c1. The van der Waals surface area contributed by atoms with Gasteiger partial charge in [0.05, 0.1) is 19.3 Å². The van der Waals surface area contributed by atoms with Gasteiger partial charge >= 0.3 is 0 Å². The van der Waals surface area contributed by atoms with E-state index in [1.54, 1.807) is 25.0 Å². The van der Waals surface area contributed by atoms with Crippen molar-refractivity contribution in [3.8, 4) is 5.75 Å². The number of ether oxygens (including phenoxy) is 1. The summed E-state index contributed by atoms with van der Waals surface area (Å²) in [6.45, 7) is 3.90. The van der Waals surface area contributed by atoms with Crippen molar-refractivity contribution in [2.45, 2.75) is 32.4 Å². The Kier molecular flexibility index (Phi) is 4.49. The zero-order valence-electron chi connectivity index (χ0n) is 14.1. The fraction of sp³-hybridized carbons (Fsp3) is 0.389. The summed E-state index contributed by atoms with van der Waals surface area (Å²) in [7, 11) is 1.61. The zero-order chi connectivity index (χ0) is 17.3. The third-order valence-corrected chi connectivity index (χ3v) is 4.20. The van der Waals surface area contributed by atoms with Crippen molar-refractivity contribution in [2.24, 2.45) is 0 Å². The van der Waals surface area contributed by atoms with Gasteiger partial charge in [-0.3, -0.25) is 4.79 Å². The van der Waals surface area contributed by atoms with Crippen LogP contribution in [0.15, 0.2) is 30.3 Å². The van der Waals surface area contributed by atoms with Crippen molar-refractivity contribution in [3.63, 3.8) is 0 Å². The van der Waals surface area contributed by atoms with Crippen molar-refractivity contribution in [2.75, 3.05) is 13.7 Å². The highest BCUT2D eigenvalue weighted by molar-refractivity contribution is 5.93. The van der Waals surface area contributed by atoms with Gasteiger partial charge in [0, 0.05) is 12.2 Å². The van der Waals surface area contributed by atoms with Gasteiger partial charge in [0.1, 0.15) is 17.3 Å². The average Bonchev–Trinajstić information content (AvgIpc) is 2.95. The number of aryl methyl sites for hydroxylation is 2. The van der Waals surface area contributed by atoms with Gasteiger partial charge in [0.2, 0.25) is 0 Å². The maximum atomic E-state index is 12.9. The Bertz CT molecular complexity index is 743. The molecule has 1 aromatic heterocycles. The van der Waals surface area contributed by atoms with E-state index >= 15 is 0 Å². The van der Waals surface area contributed by atoms with Crippen LogP contribution in [0.4, 0.5) is 0 Å². The molecule has 1 amide bonds. The molecule has 0 spiro atoms. The Labute approximate surface area is 141 Å². The second-order valence-electron chi connectivity index (χ2n) is 6.08. The maximum absolute atomic E-state index is 12.9. The van der Waals surface area contributed by atoms with Gasteiger partial charge in [-0.05, 0) is 44.0 Å². The zero-order valence-corrected chi connectivity index (χ0v) is 14.1. The molecule has 1 aliphatic heterocycles. The highest BCUT2D eigenvalue weighted by Crippen LogP contribution is 2.34. The van der Waals surface area contributed by atoms with E-state index in [4.69, 9.17) is 4.74 Å². The molecule has 2 aromatic rings. The number of nitrogens with zero attached hydrogens (tertiary/aromatic N) is 3. The minimum Gasteiger partial charge on any atom is -0.497 e. The molecule has 24 heavy (non-hydrogen) atoms. The fourth-order valence-corrected chi connectivity index (χ4v) is 3.18. The number of benzene rings is 1. The molecular weight excluding hydrogens is 306 g/mol. The highest BCUT2D eigenvalue weighted by Gasteiger charge is 2.36. The number of β-amino-alcohol motifs (C(OH)–C–C–N with tert-alkyl or cyclic N) is 1. The third kappa shape index (κ3) is 3.23. The van der Waals surface area contributed by atoms with Crippen LogP contribution in [0, 0.1) is 13.8 Å². The maximum Gasteiger partial charge on any atom is 0.273 e. The van der Waals surface area contributed by atoms with Gasteiger partial charge in [0.25, 0.3) is 5.91 Å². The van der Waals surface area contributed by atoms with Crippen LogP contribution in [0.25, 0.3) is 0 Å². The molecule has 1 N–H and O–H groups in total. The van der Waals surface area contributed by atoms with Crippen molar-refractivity contribution in [1.29, 1.82) is 0 Å². The van der Waals surface area contributed by atoms with Gasteiger partial charge in [-0.2, -0.15) is 0 Å². The van der Waals surface area contributed by atoms with Crippen molar-refractivity contribution in [1.82, 2.24) is 14.9 Å². The molecule has 0 bridgehead atoms. The van der Waals surface area contributed by atoms with E-state index in [0.29, 0.717) is 24.5 Å². The molecule has 0 radical (unpaired) electrons. The lowest BCUT2D eigenvalue weighted by Gasteiger charge is -2.25. The number of methoxy groups -OCH3 is 1. The van der Waals surface area contributed by atoms with Crippen LogP contribution in [-0.4, -0.2) is 45.6 Å². The standard InChI is InChI=1S/C18H21N3O3/c1-11-7-16(20-12(2)19-11)18(23)21-10-14(22)9-17(21)13-5-4-6-15(8-13)24-3/h4-8,14,17,22H,9-10H2,1-3H3. The molecule has 126 valence electrons. The van der Waals surface area contributed by atoms with Gasteiger partial charge in [0.15, 0.2) is 0 Å². The lowest BCUT2D eigenvalue weighted by molar-refractivity contribution is 0.0709. The van der Waals surface area contributed by atoms with Crippen LogP contribution in [0.3, 0.4) is 0 Å². The van der Waals surface area contributed by atoms with Crippen LogP contribution in [-0.2, 0) is 0 Å². The molecule has 1 aliphatic rings. The molecule has 1 saturated heterocycles. The first-order chi connectivity index (χ1) is 11.5. The number of aliphatic hydroxyl groups excluding tert-OH is 1. The van der Waals surface area contributed by atoms with E-state index in [9.17, 15) is 9.90 Å². The largest absolute Gasteiger partial charge is 0.497 e. The van der Waals surface area contributed by atoms with Crippen molar-refractivity contribution < 1.29 is 14.6 Å². The molecule has 6 heteroatoms. The molecule has 0 aliphatic carbocycles. The van der Waals surface area contributed by atoms with E-state index < -0.39 is 6.10 Å². The summed E-state index contributed by atoms with van der Waals surface area (Å²) < 4.78 is 5.27. The van der Waals surface area contributed by atoms with E-state index in [1.165, 1.54) is 0 Å². The first-order valence-corrected chi connectivity index (χ1v) is 7.93. The highest BCUT2D eigenvalue weighted by atomic mass is 16.5. The van der Waals surface area contributed by atoms with Gasteiger partial charge in [-0.15, -0.1) is 0 Å². The molecular formula is C18H21N3O3. The summed E-state index contributed by atoms with van der Waals surface area (Å²) in [6, 6.07) is 9.08. The van der Waals surface area contributed by atoms with Crippen LogP contribution in [0.2, 0.25) is 0 Å². The topological polar surface area (TPSA) is 75.6 Å². The second kappa shape index (κ2) is 6.57. The van der Waals surface area contributed by atoms with Crippen molar-refractivity contribution >= 4 is 5.91 Å². The Hall–Kier alpha value is -2.47. The number of carbonyl (C=O) groups is 1. The van der Waals surface area contributed by atoms with Crippen LogP contribution in [0.5, 0.6) is 5.75 Å². The van der Waals surface area contributed by atoms with Gasteiger partial charge < -0.3 is 14.7 Å². The summed E-state index contributed by atoms with van der Waals surface area (Å²) in [4.78, 5) is 23.1. The van der Waals surface area contributed by atoms with E-state index in [1.807, 2.05) is 31.2 Å². The summed E-state index contributed by atoms with van der Waals surface area (Å²) in [5, 5.41) is 10.1. The number of amides is 1. The molecule has 2 atom stereocenters. The predicted octanol–water partition coefficient (Wildman–Crippen LogP) is 2.05. The van der Waals surface area contributed by atoms with E-state index in [0.717, 1.165) is 17.0 Å². The monoisotopic (exact) mass is 327 g/mol. The summed E-state index contributed by atoms with van der Waals surface area (Å²) in [5.74, 6) is 1.11. The van der Waals surface area contributed by atoms with Crippen LogP contribution < -0.4 is 4.74 Å². The third-order valence-electron chi connectivity index (χ3n) is 4.20. The van der Waals surface area contributed by atoms with Crippen molar-refractivity contribution in [3.05, 3.63) is 53.1 Å². The minimum absolute atomic E-state index is 0.187. The number of rotatable bonds is 3. The molecule has 3 rings (SSSR count). The molecule has 0 saturated carbocycles. The summed E-state index contributed by atoms with van der Waals surface area (Å²) >= 11 is 0. The van der Waals surface area contributed by atoms with E-state index in [2.05, 4.69) is 9.97 Å². The number of carbonyl (C=O) groups excluding carboxylic acids is 1. The molecule has 2 heterocycles. The van der Waals surface area contributed by atoms with Gasteiger partial charge in [-0.1, -0.05) is 12.1 Å². The predicted molar refractivity (Wildman–Crippen MR) is 88.9 cm³/mol. The summed E-state index contributed by atoms with van der Waals surface area (Å²) in [6.07, 6.45) is -0.0451. The van der Waals surface area contributed by atoms with E-state index in [-0.39, 0.29) is 11.9 Å². The normalized spacial score (nSPS) is 20.2. The number of hydrogen-bond acceptors (Lipinski definition) is 5. The number of aliphatic hydroxyl groups is 1. The Morgan fingerprint density at radius 2 is 2.08 bits per heavy atom. The quantitative estimate of drug-likeness (QED) is 0.934. The number of likely N-dealkylation sites (tertiary alicyclic amines) is 1. The Balaban J connectivity index is 1.93. The smallest absolute Gasteiger partial charge is 0.273 e. The Morgan fingerprint density at radius 1 is 1.29 bits per heavy atom. The van der Waals surface area contributed by atoms with Crippen LogP contribution in [0.1, 0.15) is 40.0 Å². The minimum atomic E-state index is -0.547.